The fraction of sp³-hybridized carbons (Fsp3) is 0.506. The summed E-state index contributed by atoms with van der Waals surface area (Å²) in [6.07, 6.45) is 3.11. The van der Waals surface area contributed by atoms with E-state index < -0.39 is 65.0 Å². The van der Waals surface area contributed by atoms with Crippen LogP contribution >= 0.6 is 0 Å². The number of likely N-dealkylation sites (tertiary alicyclic amines) is 1. The molecule has 4 aliphatic heterocycles. The van der Waals surface area contributed by atoms with Gasteiger partial charge in [0.2, 0.25) is 15.9 Å². The van der Waals surface area contributed by atoms with E-state index in [0.29, 0.717) is 95.8 Å². The van der Waals surface area contributed by atoms with Crippen LogP contribution in [0, 0.1) is 30.0 Å². The fourth-order valence-electron chi connectivity index (χ4n) is 16.4. The van der Waals surface area contributed by atoms with Crippen LogP contribution in [0.3, 0.4) is 0 Å². The summed E-state index contributed by atoms with van der Waals surface area (Å²) in [6, 6.07) is 21.8. The first-order valence-electron chi connectivity index (χ1n) is 37.7. The molecule has 2 bridgehead atoms. The van der Waals surface area contributed by atoms with Crippen LogP contribution in [-0.4, -0.2) is 195 Å². The van der Waals surface area contributed by atoms with Gasteiger partial charge in [0, 0.05) is 63.4 Å². The number of esters is 1. The predicted molar refractivity (Wildman–Crippen MR) is 414 cm³/mol. The Hall–Kier alpha value is -9.11. The van der Waals surface area contributed by atoms with Crippen molar-refractivity contribution in [2.45, 2.75) is 178 Å². The largest absolute Gasteiger partial charge is 0.489 e. The number of rotatable bonds is 26. The molecular weight excluding hydrogens is 1430 g/mol. The molecule has 28 heteroatoms. The number of likely N-dealkylation sites (N-methyl/N-ethyl adjacent to an activating group) is 1. The Morgan fingerprint density at radius 1 is 0.872 bits per heavy atom. The molecule has 0 radical (unpaired) electrons. The van der Waals surface area contributed by atoms with E-state index in [1.165, 1.54) is 23.7 Å². The Kier molecular flexibility index (Phi) is 23.9. The van der Waals surface area contributed by atoms with Crippen molar-refractivity contribution in [2.75, 3.05) is 91.6 Å². The number of carbonyl (C=O) groups is 3. The number of anilines is 1. The van der Waals surface area contributed by atoms with Crippen molar-refractivity contribution < 1.29 is 69.5 Å². The Labute approximate surface area is 637 Å². The maximum atomic E-state index is 18.5. The minimum absolute atomic E-state index is 0.0450. The highest BCUT2D eigenvalue weighted by atomic mass is 32.2. The number of carbonyl (C=O) groups excluding carboxylic acids is 3. The number of hydrogen-bond donors (Lipinski definition) is 1. The Bertz CT molecular complexity index is 4880. The zero-order valence-corrected chi connectivity index (χ0v) is 66.9. The predicted octanol–water partition coefficient (Wildman–Crippen LogP) is 13.0. The van der Waals surface area contributed by atoms with Crippen LogP contribution in [0.5, 0.6) is 23.3 Å². The van der Waals surface area contributed by atoms with E-state index >= 15 is 8.78 Å². The Morgan fingerprint density at radius 3 is 2.31 bits per heavy atom. The number of nitrogens with one attached hydrogen (secondary N) is 1. The quantitative estimate of drug-likeness (QED) is 0.0174. The lowest BCUT2D eigenvalue weighted by Gasteiger charge is -2.42. The molecule has 5 atom stereocenters. The topological polar surface area (TPSA) is 254 Å². The van der Waals surface area contributed by atoms with Gasteiger partial charge in [-0.05, 0) is 168 Å². The first-order chi connectivity index (χ1) is 52.0. The molecule has 109 heavy (non-hydrogen) atoms. The third kappa shape index (κ3) is 16.4. The molecule has 0 spiro atoms. The van der Waals surface area contributed by atoms with E-state index in [2.05, 4.69) is 68.6 Å². The molecule has 2 amide bonds. The minimum atomic E-state index is -3.96. The standard InChI is InChI=1S/C81H101F2N11O13SSi/c1-16-102-70(95)41-62(54-23-22-52(8)57(36-54)44-93-43-53(9)106-67-20-17-18-21-69(67)108(93,98)99)56-38-66-75(91(14)89-88-66)68(39-56)103-34-33-101-32-30-84-77(96)81(29-19-31-90(81)13)47-104-78-86-74-64(76(87-78)92-45-58-25-26-59(46-92)94(58)79(97)107-80(10,11)12)42-85-73(72(74)83)63-40-60(105-48-100-15)37-55-24-27-65(82)61(71(55)63)28-35-109(49(2)3,50(4)5)51(6)7/h17-18,20-24,27,36-40,42,49-51,53,58-59,62H,16,19,25-26,29-34,41,43-48H2,1-15H3,(H,84,96)/t53-,58-,59+,62?,81-/m1/s1. The maximum absolute atomic E-state index is 18.5. The number of para-hydroxylation sites is 1. The van der Waals surface area contributed by atoms with Gasteiger partial charge in [0.05, 0.1) is 55.8 Å². The summed E-state index contributed by atoms with van der Waals surface area (Å²) in [5.41, 5.74) is 6.68. The van der Waals surface area contributed by atoms with E-state index in [4.69, 9.17) is 52.8 Å². The maximum Gasteiger partial charge on any atom is 0.410 e. The van der Waals surface area contributed by atoms with Gasteiger partial charge in [-0.25, -0.2) is 26.7 Å². The van der Waals surface area contributed by atoms with Crippen molar-refractivity contribution in [3.05, 3.63) is 125 Å². The molecule has 8 aromatic rings. The highest BCUT2D eigenvalue weighted by Crippen LogP contribution is 2.45. The summed E-state index contributed by atoms with van der Waals surface area (Å²) in [4.78, 5) is 62.7. The molecule has 4 aliphatic rings. The average Bonchev–Trinajstić information content (AvgIpc) is 0.982. The van der Waals surface area contributed by atoms with E-state index in [0.717, 1.165) is 16.7 Å². The summed E-state index contributed by atoms with van der Waals surface area (Å²) < 4.78 is 115. The van der Waals surface area contributed by atoms with Crippen LogP contribution in [0.4, 0.5) is 19.4 Å². The van der Waals surface area contributed by atoms with Crippen LogP contribution in [0.1, 0.15) is 142 Å². The first kappa shape index (κ1) is 79.4. The van der Waals surface area contributed by atoms with Crippen molar-refractivity contribution >= 4 is 74.6 Å². The zero-order valence-electron chi connectivity index (χ0n) is 65.1. The van der Waals surface area contributed by atoms with E-state index in [1.54, 1.807) is 66.0 Å². The molecule has 0 saturated carbocycles. The monoisotopic (exact) mass is 1530 g/mol. The molecule has 12 rings (SSSR count). The number of aryl methyl sites for hydroxylation is 2. The molecule has 1 unspecified atom stereocenters. The number of hydrogen-bond acceptors (Lipinski definition) is 20. The molecule has 0 aliphatic carbocycles. The van der Waals surface area contributed by atoms with Gasteiger partial charge in [-0.3, -0.25) is 24.4 Å². The minimum Gasteiger partial charge on any atom is -0.489 e. The molecule has 3 aromatic heterocycles. The van der Waals surface area contributed by atoms with E-state index in [1.807, 2.05) is 81.8 Å². The van der Waals surface area contributed by atoms with Gasteiger partial charge in [0.25, 0.3) is 0 Å². The normalized spacial score (nSPS) is 19.1. The van der Waals surface area contributed by atoms with E-state index in [9.17, 15) is 22.8 Å². The summed E-state index contributed by atoms with van der Waals surface area (Å²) in [7, 11) is -1.29. The van der Waals surface area contributed by atoms with Crippen molar-refractivity contribution in [3.8, 4) is 46.0 Å². The molecule has 5 aromatic carbocycles. The number of amides is 2. The fourth-order valence-corrected chi connectivity index (χ4v) is 23.3. The van der Waals surface area contributed by atoms with Crippen LogP contribution < -0.4 is 29.2 Å². The SMILES string of the molecule is CCOC(=O)CC(c1ccc(C)c(CN2C[C@@H](C)Oc3ccccc3S2(=O)=O)c1)c1cc(OCCOCCNC(=O)[C@]2(COc3nc(N4C[C@H]5CC[C@@H](C4)N5C(=O)OC(C)(C)C)c4cnc(-c5cc(OCOC)cc6ccc(F)c(C#C[Si](C(C)C)(C(C)C)C(C)C)c56)c(F)c4n3)CCCN2C)c2c(c1)nnn2C. The highest BCUT2D eigenvalue weighted by molar-refractivity contribution is 7.89. The summed E-state index contributed by atoms with van der Waals surface area (Å²) in [5, 5.41) is 13.0. The number of ether oxygens (including phenoxy) is 8. The van der Waals surface area contributed by atoms with Crippen molar-refractivity contribution in [1.82, 2.24) is 49.4 Å². The summed E-state index contributed by atoms with van der Waals surface area (Å²) in [5.74, 6) is 1.98. The molecule has 1 N–H and O–H groups in total. The van der Waals surface area contributed by atoms with Gasteiger partial charge < -0.3 is 48.1 Å². The molecule has 3 saturated heterocycles. The highest BCUT2D eigenvalue weighted by Gasteiger charge is 2.49. The lowest BCUT2D eigenvalue weighted by Crippen LogP contribution is -2.58. The summed E-state index contributed by atoms with van der Waals surface area (Å²) in [6.45, 7) is 25.8. The van der Waals surface area contributed by atoms with Crippen molar-refractivity contribution in [3.63, 3.8) is 0 Å². The van der Waals surface area contributed by atoms with Crippen molar-refractivity contribution in [2.24, 2.45) is 7.05 Å². The smallest absolute Gasteiger partial charge is 0.410 e. The number of methoxy groups -OCH3 is 1. The lowest BCUT2D eigenvalue weighted by atomic mass is 9.86. The third-order valence-electron chi connectivity index (χ3n) is 21.8. The molecule has 582 valence electrons. The van der Waals surface area contributed by atoms with Crippen molar-refractivity contribution in [1.29, 1.82) is 0 Å². The van der Waals surface area contributed by atoms with Gasteiger partial charge in [0.1, 0.15) is 94.6 Å². The van der Waals surface area contributed by atoms with Crippen LogP contribution in [-0.2, 0) is 52.2 Å². The number of sulfonamides is 1. The van der Waals surface area contributed by atoms with Gasteiger partial charge >= 0.3 is 18.1 Å². The first-order valence-corrected chi connectivity index (χ1v) is 41.3. The molecule has 24 nitrogen and oxygen atoms in total. The van der Waals surface area contributed by atoms with Gasteiger partial charge in [-0.15, -0.1) is 10.6 Å². The second kappa shape index (κ2) is 32.8. The van der Waals surface area contributed by atoms with Gasteiger partial charge in [-0.2, -0.15) is 14.3 Å². The number of piperazine rings is 1. The summed E-state index contributed by atoms with van der Waals surface area (Å²) >= 11 is 0. The Balaban J connectivity index is 0.791. The van der Waals surface area contributed by atoms with Crippen LogP contribution in [0.15, 0.2) is 90.0 Å². The third-order valence-corrected chi connectivity index (χ3v) is 29.9. The number of benzene rings is 5. The zero-order chi connectivity index (χ0) is 78.0. The molecule has 3 fully saturated rings. The van der Waals surface area contributed by atoms with E-state index in [-0.39, 0.29) is 139 Å². The second-order valence-corrected chi connectivity index (χ2v) is 38.4. The molecule has 7 heterocycles. The Morgan fingerprint density at radius 2 is 1.61 bits per heavy atom. The number of nitrogens with zero attached hydrogens (tertiary/aromatic N) is 10. The van der Waals surface area contributed by atoms with Crippen LogP contribution in [0.25, 0.3) is 44.0 Å². The van der Waals surface area contributed by atoms with Crippen LogP contribution in [0.2, 0.25) is 16.6 Å². The number of pyridine rings is 1. The number of aromatic nitrogens is 6. The second-order valence-electron chi connectivity index (χ2n) is 31.0. The molecular formula is C81H101F2N11O13SSi. The number of fused-ring (bicyclic) bond motifs is 6. The van der Waals surface area contributed by atoms with Gasteiger partial charge in [0.15, 0.2) is 12.6 Å². The average molecular weight is 1530 g/mol. The van der Waals surface area contributed by atoms with Gasteiger partial charge in [-0.1, -0.05) is 89.1 Å². The number of halogens is 2. The lowest BCUT2D eigenvalue weighted by molar-refractivity contribution is -0.143.